The quantitative estimate of drug-likeness (QED) is 0.580. The van der Waals surface area contributed by atoms with Crippen LogP contribution in [0.3, 0.4) is 0 Å². The Morgan fingerprint density at radius 2 is 2.10 bits per heavy atom. The van der Waals surface area contributed by atoms with Crippen molar-refractivity contribution in [1.29, 1.82) is 0 Å². The number of fused-ring (bicyclic) bond motifs is 1. The van der Waals surface area contributed by atoms with Crippen molar-refractivity contribution in [3.05, 3.63) is 52.0 Å². The van der Waals surface area contributed by atoms with Crippen LogP contribution in [0.15, 0.2) is 35.7 Å². The molecule has 0 aliphatic rings. The maximum Gasteiger partial charge on any atom is 0.127 e. The molecule has 0 radical (unpaired) electrons. The summed E-state index contributed by atoms with van der Waals surface area (Å²) in [6.45, 7) is 6.32. The van der Waals surface area contributed by atoms with Crippen LogP contribution in [0.4, 0.5) is 0 Å². The van der Waals surface area contributed by atoms with Crippen molar-refractivity contribution in [3.63, 3.8) is 0 Å². The zero-order chi connectivity index (χ0) is 15.0. The first-order valence-electron chi connectivity index (χ1n) is 7.21. The Hall–Kier alpha value is -1.32. The SMILES string of the molecule is Cc1ccc2c(c1)nc(C(C)Cl)n2C(C)Cc1cccs1. The second-order valence-electron chi connectivity index (χ2n) is 5.58. The minimum atomic E-state index is -0.0940. The number of benzene rings is 1. The highest BCUT2D eigenvalue weighted by atomic mass is 35.5. The van der Waals surface area contributed by atoms with Crippen LogP contribution in [0, 0.1) is 6.92 Å². The summed E-state index contributed by atoms with van der Waals surface area (Å²) in [5, 5.41) is 2.03. The van der Waals surface area contributed by atoms with E-state index in [1.54, 1.807) is 11.3 Å². The molecule has 0 aliphatic carbocycles. The second kappa shape index (κ2) is 5.82. The van der Waals surface area contributed by atoms with Crippen molar-refractivity contribution in [2.45, 2.75) is 38.6 Å². The summed E-state index contributed by atoms with van der Waals surface area (Å²) in [6.07, 6.45) is 1.01. The monoisotopic (exact) mass is 318 g/mol. The van der Waals surface area contributed by atoms with Crippen molar-refractivity contribution >= 4 is 34.0 Å². The van der Waals surface area contributed by atoms with Gasteiger partial charge in [-0.15, -0.1) is 22.9 Å². The summed E-state index contributed by atoms with van der Waals surface area (Å²) in [4.78, 5) is 6.15. The van der Waals surface area contributed by atoms with Crippen LogP contribution in [0.1, 0.15) is 41.5 Å². The number of alkyl halides is 1. The Morgan fingerprint density at radius 3 is 2.76 bits per heavy atom. The highest BCUT2D eigenvalue weighted by molar-refractivity contribution is 7.09. The number of aromatic nitrogens is 2. The fourth-order valence-electron chi connectivity index (χ4n) is 2.78. The maximum absolute atomic E-state index is 6.36. The smallest absolute Gasteiger partial charge is 0.127 e. The fourth-order valence-corrected chi connectivity index (χ4v) is 3.76. The van der Waals surface area contributed by atoms with Gasteiger partial charge in [0.2, 0.25) is 0 Å². The van der Waals surface area contributed by atoms with E-state index in [-0.39, 0.29) is 5.38 Å². The zero-order valence-electron chi connectivity index (χ0n) is 12.5. The van der Waals surface area contributed by atoms with Crippen molar-refractivity contribution in [2.24, 2.45) is 0 Å². The van der Waals surface area contributed by atoms with Crippen LogP contribution in [-0.2, 0) is 6.42 Å². The molecule has 1 aromatic carbocycles. The van der Waals surface area contributed by atoms with Crippen molar-refractivity contribution in [2.75, 3.05) is 0 Å². The Kier molecular flexibility index (Phi) is 4.05. The topological polar surface area (TPSA) is 17.8 Å². The molecule has 0 saturated carbocycles. The lowest BCUT2D eigenvalue weighted by Crippen LogP contribution is -2.11. The van der Waals surface area contributed by atoms with Gasteiger partial charge in [0.15, 0.2) is 0 Å². The predicted molar refractivity (Wildman–Crippen MR) is 91.5 cm³/mol. The molecular weight excluding hydrogens is 300 g/mol. The fraction of sp³-hybridized carbons (Fsp3) is 0.353. The lowest BCUT2D eigenvalue weighted by atomic mass is 10.1. The molecule has 2 aromatic heterocycles. The summed E-state index contributed by atoms with van der Waals surface area (Å²) in [7, 11) is 0. The van der Waals surface area contributed by atoms with Crippen molar-refractivity contribution < 1.29 is 0 Å². The summed E-state index contributed by atoms with van der Waals surface area (Å²) in [5.41, 5.74) is 3.44. The highest BCUT2D eigenvalue weighted by Crippen LogP contribution is 2.30. The van der Waals surface area contributed by atoms with Crippen molar-refractivity contribution in [3.8, 4) is 0 Å². The first kappa shape index (κ1) is 14.6. The number of hydrogen-bond acceptors (Lipinski definition) is 2. The Morgan fingerprint density at radius 1 is 1.29 bits per heavy atom. The van der Waals surface area contributed by atoms with E-state index in [0.717, 1.165) is 17.8 Å². The van der Waals surface area contributed by atoms with Gasteiger partial charge in [-0.2, -0.15) is 0 Å². The molecule has 21 heavy (non-hydrogen) atoms. The van der Waals surface area contributed by atoms with Crippen LogP contribution in [0.5, 0.6) is 0 Å². The first-order valence-corrected chi connectivity index (χ1v) is 8.53. The minimum absolute atomic E-state index is 0.0940. The average Bonchev–Trinajstić information content (AvgIpc) is 3.04. The molecule has 0 fully saturated rings. The van der Waals surface area contributed by atoms with Gasteiger partial charge in [0.05, 0.1) is 16.4 Å². The van der Waals surface area contributed by atoms with Gasteiger partial charge < -0.3 is 4.57 Å². The molecule has 0 spiro atoms. The molecule has 0 aliphatic heterocycles. The highest BCUT2D eigenvalue weighted by Gasteiger charge is 2.19. The summed E-state index contributed by atoms with van der Waals surface area (Å²) in [6, 6.07) is 11.1. The summed E-state index contributed by atoms with van der Waals surface area (Å²) >= 11 is 8.17. The minimum Gasteiger partial charge on any atom is -0.324 e. The average molecular weight is 319 g/mol. The molecule has 3 aromatic rings. The lowest BCUT2D eigenvalue weighted by Gasteiger charge is -2.18. The number of thiophene rings is 1. The van der Waals surface area contributed by atoms with Gasteiger partial charge >= 0.3 is 0 Å². The van der Waals surface area contributed by atoms with Crippen LogP contribution in [0.25, 0.3) is 11.0 Å². The predicted octanol–water partition coefficient (Wildman–Crippen LogP) is 5.51. The van der Waals surface area contributed by atoms with Crippen LogP contribution >= 0.6 is 22.9 Å². The Balaban J connectivity index is 2.08. The van der Waals surface area contributed by atoms with Gasteiger partial charge in [0.25, 0.3) is 0 Å². The summed E-state index contributed by atoms with van der Waals surface area (Å²) < 4.78 is 2.30. The molecule has 2 atom stereocenters. The van der Waals surface area contributed by atoms with E-state index >= 15 is 0 Å². The third kappa shape index (κ3) is 2.85. The van der Waals surface area contributed by atoms with E-state index in [9.17, 15) is 0 Å². The van der Waals surface area contributed by atoms with Gasteiger partial charge in [-0.05, 0) is 49.9 Å². The summed E-state index contributed by atoms with van der Waals surface area (Å²) in [5.74, 6) is 0.960. The molecule has 3 rings (SSSR count). The van der Waals surface area contributed by atoms with E-state index in [2.05, 4.69) is 54.1 Å². The largest absolute Gasteiger partial charge is 0.324 e. The van der Waals surface area contributed by atoms with Gasteiger partial charge in [-0.3, -0.25) is 0 Å². The van der Waals surface area contributed by atoms with E-state index in [1.807, 2.05) is 6.92 Å². The molecule has 0 amide bonds. The number of aryl methyl sites for hydroxylation is 1. The van der Waals surface area contributed by atoms with E-state index in [4.69, 9.17) is 16.6 Å². The molecule has 0 saturated heterocycles. The molecule has 110 valence electrons. The van der Waals surface area contributed by atoms with Gasteiger partial charge in [-0.1, -0.05) is 12.1 Å². The van der Waals surface area contributed by atoms with E-state index in [1.165, 1.54) is 16.0 Å². The number of rotatable bonds is 4. The van der Waals surface area contributed by atoms with Crippen molar-refractivity contribution in [1.82, 2.24) is 9.55 Å². The van der Waals surface area contributed by atoms with Crippen LogP contribution in [-0.4, -0.2) is 9.55 Å². The second-order valence-corrected chi connectivity index (χ2v) is 7.27. The Labute approximate surface area is 134 Å². The number of nitrogens with zero attached hydrogens (tertiary/aromatic N) is 2. The van der Waals surface area contributed by atoms with Gasteiger partial charge in [0, 0.05) is 17.3 Å². The molecule has 0 N–H and O–H groups in total. The maximum atomic E-state index is 6.36. The number of imidazole rings is 1. The van der Waals surface area contributed by atoms with E-state index in [0.29, 0.717) is 6.04 Å². The third-order valence-electron chi connectivity index (χ3n) is 3.75. The Bertz CT molecular complexity index is 744. The number of halogens is 1. The normalized spacial score (nSPS) is 14.5. The molecular formula is C17H19ClN2S. The standard InChI is InChI=1S/C17H19ClN2S/c1-11-6-7-16-15(9-11)19-17(13(3)18)20(16)12(2)10-14-5-4-8-21-14/h4-9,12-13H,10H2,1-3H3. The molecule has 2 nitrogen and oxygen atoms in total. The number of hydrogen-bond donors (Lipinski definition) is 0. The van der Waals surface area contributed by atoms with Gasteiger partial charge in [0.1, 0.15) is 5.82 Å². The molecule has 4 heteroatoms. The van der Waals surface area contributed by atoms with Crippen LogP contribution < -0.4 is 0 Å². The van der Waals surface area contributed by atoms with E-state index < -0.39 is 0 Å². The molecule has 2 heterocycles. The first-order chi connectivity index (χ1) is 10.1. The lowest BCUT2D eigenvalue weighted by molar-refractivity contribution is 0.538. The van der Waals surface area contributed by atoms with Gasteiger partial charge in [-0.25, -0.2) is 4.98 Å². The van der Waals surface area contributed by atoms with Crippen LogP contribution in [0.2, 0.25) is 0 Å². The molecule has 0 bridgehead atoms. The zero-order valence-corrected chi connectivity index (χ0v) is 14.1. The molecule has 2 unspecified atom stereocenters. The third-order valence-corrected chi connectivity index (χ3v) is 4.84.